The van der Waals surface area contributed by atoms with Crippen LogP contribution in [0.3, 0.4) is 0 Å². The van der Waals surface area contributed by atoms with Crippen LogP contribution in [-0.2, 0) is 14.4 Å². The van der Waals surface area contributed by atoms with Crippen LogP contribution in [0.15, 0.2) is 24.3 Å². The maximum absolute atomic E-state index is 13.4. The Morgan fingerprint density at radius 3 is 2.35 bits per heavy atom. The first kappa shape index (κ1) is 19.8. The third-order valence-electron chi connectivity index (χ3n) is 4.38. The van der Waals surface area contributed by atoms with Crippen molar-refractivity contribution in [1.82, 2.24) is 9.80 Å². The fourth-order valence-electron chi connectivity index (χ4n) is 3.03. The zero-order valence-corrected chi connectivity index (χ0v) is 15.2. The highest BCUT2D eigenvalue weighted by molar-refractivity contribution is 5.94. The van der Waals surface area contributed by atoms with Gasteiger partial charge in [0.2, 0.25) is 17.7 Å². The molecule has 7 nitrogen and oxygen atoms in total. The number of hydrogen-bond acceptors (Lipinski definition) is 4. The summed E-state index contributed by atoms with van der Waals surface area (Å²) in [5, 5.41) is 2.64. The van der Waals surface area contributed by atoms with E-state index >= 15 is 0 Å². The van der Waals surface area contributed by atoms with Crippen LogP contribution in [0.25, 0.3) is 0 Å². The van der Waals surface area contributed by atoms with E-state index in [1.54, 1.807) is 38.4 Å². The number of benzene rings is 1. The Kier molecular flexibility index (Phi) is 6.31. The molecule has 0 aliphatic carbocycles. The highest BCUT2D eigenvalue weighted by Gasteiger charge is 2.37. The summed E-state index contributed by atoms with van der Waals surface area (Å²) < 4.78 is 13.4. The minimum Gasteiger partial charge on any atom is -0.348 e. The van der Waals surface area contributed by atoms with Gasteiger partial charge in [-0.1, -0.05) is 12.1 Å². The number of nitrogens with two attached hydrogens (primary N) is 1. The van der Waals surface area contributed by atoms with Gasteiger partial charge in [-0.05, 0) is 24.1 Å². The van der Waals surface area contributed by atoms with Crippen molar-refractivity contribution >= 4 is 23.4 Å². The van der Waals surface area contributed by atoms with Crippen LogP contribution in [0, 0.1) is 0 Å². The second kappa shape index (κ2) is 8.27. The van der Waals surface area contributed by atoms with Crippen LogP contribution in [0.1, 0.15) is 24.8 Å². The van der Waals surface area contributed by atoms with E-state index in [2.05, 4.69) is 5.32 Å². The van der Waals surface area contributed by atoms with E-state index in [1.807, 2.05) is 0 Å². The molecule has 3 N–H and O–H groups in total. The zero-order valence-electron chi connectivity index (χ0n) is 15.2. The Bertz CT molecular complexity index is 678. The van der Waals surface area contributed by atoms with Crippen molar-refractivity contribution in [3.63, 3.8) is 0 Å². The molecule has 0 bridgehead atoms. The summed E-state index contributed by atoms with van der Waals surface area (Å²) in [6, 6.07) is 5.51. The van der Waals surface area contributed by atoms with E-state index in [4.69, 9.17) is 5.73 Å². The lowest BCUT2D eigenvalue weighted by atomic mass is 9.89. The van der Waals surface area contributed by atoms with E-state index in [1.165, 1.54) is 16.7 Å². The third kappa shape index (κ3) is 4.57. The monoisotopic (exact) mass is 364 g/mol. The molecule has 3 amide bonds. The lowest BCUT2D eigenvalue weighted by Crippen LogP contribution is -2.50. The Labute approximate surface area is 152 Å². The lowest BCUT2D eigenvalue weighted by Gasteiger charge is -2.28. The number of hydrogen-bond donors (Lipinski definition) is 2. The topological polar surface area (TPSA) is 95.7 Å². The van der Waals surface area contributed by atoms with Crippen molar-refractivity contribution in [2.75, 3.05) is 32.5 Å². The number of likely N-dealkylation sites (tertiary alicyclic amines) is 1. The number of likely N-dealkylation sites (N-methyl/N-ethyl adjacent to an activating group) is 1. The van der Waals surface area contributed by atoms with Crippen LogP contribution in [0.4, 0.5) is 10.1 Å². The molecule has 0 aromatic heterocycles. The van der Waals surface area contributed by atoms with E-state index < -0.39 is 24.0 Å². The van der Waals surface area contributed by atoms with Gasteiger partial charge in [0.1, 0.15) is 12.2 Å². The van der Waals surface area contributed by atoms with Gasteiger partial charge >= 0.3 is 0 Å². The molecule has 3 atom stereocenters. The van der Waals surface area contributed by atoms with E-state index in [0.29, 0.717) is 17.8 Å². The molecule has 0 unspecified atom stereocenters. The smallest absolute Gasteiger partial charge is 0.240 e. The molecule has 1 aromatic carbocycles. The van der Waals surface area contributed by atoms with E-state index in [-0.39, 0.29) is 24.8 Å². The first-order valence-corrected chi connectivity index (χ1v) is 8.48. The van der Waals surface area contributed by atoms with Gasteiger partial charge in [-0.25, -0.2) is 4.39 Å². The van der Waals surface area contributed by atoms with Crippen molar-refractivity contribution in [2.45, 2.75) is 31.5 Å². The molecule has 142 valence electrons. The summed E-state index contributed by atoms with van der Waals surface area (Å²) in [7, 11) is 3.18. The molecular weight excluding hydrogens is 339 g/mol. The highest BCUT2D eigenvalue weighted by Crippen LogP contribution is 2.25. The number of alkyl halides is 1. The molecule has 26 heavy (non-hydrogen) atoms. The second-order valence-electron chi connectivity index (χ2n) is 6.71. The fraction of sp³-hybridized carbons (Fsp3) is 0.500. The Morgan fingerprint density at radius 2 is 1.88 bits per heavy atom. The first-order valence-electron chi connectivity index (χ1n) is 8.48. The summed E-state index contributed by atoms with van der Waals surface area (Å²) in [5.74, 6) is -1.84. The number of amides is 3. The van der Waals surface area contributed by atoms with Gasteiger partial charge in [0.05, 0.1) is 12.5 Å². The number of carbonyl (C=O) groups is 3. The molecule has 0 radical (unpaired) electrons. The number of nitrogens with zero attached hydrogens (tertiary/aromatic N) is 2. The van der Waals surface area contributed by atoms with Crippen molar-refractivity contribution in [2.24, 2.45) is 5.73 Å². The quantitative estimate of drug-likeness (QED) is 0.804. The number of anilines is 1. The molecule has 1 heterocycles. The van der Waals surface area contributed by atoms with Gasteiger partial charge < -0.3 is 20.9 Å². The summed E-state index contributed by atoms with van der Waals surface area (Å²) in [6.07, 6.45) is -0.762. The minimum atomic E-state index is -1.11. The number of halogens is 1. The molecule has 2 rings (SSSR count). The number of rotatable bonds is 5. The molecule has 0 spiro atoms. The third-order valence-corrected chi connectivity index (χ3v) is 4.38. The van der Waals surface area contributed by atoms with Gasteiger partial charge in [0.25, 0.3) is 0 Å². The van der Waals surface area contributed by atoms with Crippen molar-refractivity contribution in [3.8, 4) is 0 Å². The number of carbonyl (C=O) groups excluding carboxylic acids is 3. The van der Waals surface area contributed by atoms with Gasteiger partial charge in [-0.2, -0.15) is 0 Å². The van der Waals surface area contributed by atoms with Gasteiger partial charge in [0, 0.05) is 33.3 Å². The standard InChI is InChI=1S/C18H25FN4O3/c1-11(24)21-14-6-4-12(5-7-14)15(17(25)22(2)3)16(20)18(26)23-9-8-13(19)10-23/h4-7,13,15-16H,8-10,20H2,1-3H3,(H,21,24)/t13-,15-,16-/m0/s1. The van der Waals surface area contributed by atoms with Gasteiger partial charge in [-0.15, -0.1) is 0 Å². The fourth-order valence-corrected chi connectivity index (χ4v) is 3.03. The van der Waals surface area contributed by atoms with Crippen LogP contribution in [-0.4, -0.2) is 66.9 Å². The average molecular weight is 364 g/mol. The molecule has 8 heteroatoms. The van der Waals surface area contributed by atoms with Crippen LogP contribution in [0.5, 0.6) is 0 Å². The Balaban J connectivity index is 2.26. The maximum atomic E-state index is 13.4. The lowest BCUT2D eigenvalue weighted by molar-refractivity contribution is -0.138. The maximum Gasteiger partial charge on any atom is 0.240 e. The Hall–Kier alpha value is -2.48. The second-order valence-corrected chi connectivity index (χ2v) is 6.71. The van der Waals surface area contributed by atoms with Gasteiger partial charge in [-0.3, -0.25) is 14.4 Å². The molecular formula is C18H25FN4O3. The molecule has 1 aliphatic rings. The number of nitrogens with one attached hydrogen (secondary N) is 1. The van der Waals surface area contributed by atoms with E-state index in [9.17, 15) is 18.8 Å². The predicted molar refractivity (Wildman–Crippen MR) is 96.2 cm³/mol. The minimum absolute atomic E-state index is 0.0108. The molecule has 1 saturated heterocycles. The normalized spacial score (nSPS) is 19.0. The van der Waals surface area contributed by atoms with Crippen LogP contribution >= 0.6 is 0 Å². The largest absolute Gasteiger partial charge is 0.348 e. The summed E-state index contributed by atoms with van der Waals surface area (Å²) in [4.78, 5) is 39.2. The zero-order chi connectivity index (χ0) is 19.4. The van der Waals surface area contributed by atoms with Crippen molar-refractivity contribution in [1.29, 1.82) is 0 Å². The Morgan fingerprint density at radius 1 is 1.27 bits per heavy atom. The van der Waals surface area contributed by atoms with Crippen molar-refractivity contribution < 1.29 is 18.8 Å². The first-order chi connectivity index (χ1) is 12.2. The van der Waals surface area contributed by atoms with Crippen molar-refractivity contribution in [3.05, 3.63) is 29.8 Å². The SMILES string of the molecule is CC(=O)Nc1ccc([C@H](C(=O)N(C)C)[C@H](N)C(=O)N2CC[C@H](F)C2)cc1. The predicted octanol–water partition coefficient (Wildman–Crippen LogP) is 0.715. The van der Waals surface area contributed by atoms with Crippen LogP contribution < -0.4 is 11.1 Å². The highest BCUT2D eigenvalue weighted by atomic mass is 19.1. The molecule has 1 fully saturated rings. The summed E-state index contributed by atoms with van der Waals surface area (Å²) in [6.45, 7) is 1.71. The molecule has 1 aliphatic heterocycles. The van der Waals surface area contributed by atoms with E-state index in [0.717, 1.165) is 0 Å². The summed E-state index contributed by atoms with van der Waals surface area (Å²) >= 11 is 0. The molecule has 1 aromatic rings. The average Bonchev–Trinajstić information content (AvgIpc) is 3.01. The molecule has 0 saturated carbocycles. The van der Waals surface area contributed by atoms with Gasteiger partial charge in [0.15, 0.2) is 0 Å². The van der Waals surface area contributed by atoms with Crippen LogP contribution in [0.2, 0.25) is 0 Å². The summed E-state index contributed by atoms with van der Waals surface area (Å²) in [5.41, 5.74) is 7.29.